The van der Waals surface area contributed by atoms with Crippen molar-refractivity contribution >= 4 is 17.6 Å². The highest BCUT2D eigenvalue weighted by molar-refractivity contribution is 5.55. The van der Waals surface area contributed by atoms with Crippen molar-refractivity contribution in [1.29, 1.82) is 0 Å². The molecule has 21 heavy (non-hydrogen) atoms. The highest BCUT2D eigenvalue weighted by atomic mass is 19.2. The minimum absolute atomic E-state index is 0.0161. The van der Waals surface area contributed by atoms with Gasteiger partial charge in [-0.15, -0.1) is 0 Å². The average molecular weight is 299 g/mol. The minimum atomic E-state index is -1.28. The van der Waals surface area contributed by atoms with Gasteiger partial charge in [0.25, 0.3) is 0 Å². The number of aromatic nitrogens is 3. The van der Waals surface area contributed by atoms with Crippen LogP contribution in [0.4, 0.5) is 30.8 Å². The number of anilines is 3. The van der Waals surface area contributed by atoms with E-state index < -0.39 is 17.5 Å². The van der Waals surface area contributed by atoms with Crippen LogP contribution in [0, 0.1) is 17.5 Å². The van der Waals surface area contributed by atoms with Crippen molar-refractivity contribution < 1.29 is 17.9 Å². The Morgan fingerprint density at radius 2 is 1.67 bits per heavy atom. The Balaban J connectivity index is 2.34. The number of ether oxygens (including phenoxy) is 1. The van der Waals surface area contributed by atoms with Crippen molar-refractivity contribution in [2.24, 2.45) is 0 Å². The summed E-state index contributed by atoms with van der Waals surface area (Å²) >= 11 is 0. The molecule has 112 valence electrons. The number of nitrogens with zero attached hydrogens (tertiary/aromatic N) is 3. The normalized spacial score (nSPS) is 10.3. The minimum Gasteiger partial charge on any atom is -0.464 e. The molecule has 0 spiro atoms. The van der Waals surface area contributed by atoms with E-state index in [1.54, 1.807) is 14.0 Å². The van der Waals surface area contributed by atoms with Crippen LogP contribution in [0.2, 0.25) is 0 Å². The fourth-order valence-corrected chi connectivity index (χ4v) is 1.46. The largest absolute Gasteiger partial charge is 0.464 e. The van der Waals surface area contributed by atoms with Crippen LogP contribution in [0.5, 0.6) is 6.01 Å². The van der Waals surface area contributed by atoms with E-state index in [1.165, 1.54) is 0 Å². The van der Waals surface area contributed by atoms with Gasteiger partial charge in [0.1, 0.15) is 5.82 Å². The zero-order chi connectivity index (χ0) is 15.4. The SMILES string of the molecule is CCOc1nc(NC)nc(Nc2cc(F)c(F)cc2F)n1. The van der Waals surface area contributed by atoms with Gasteiger partial charge in [0.05, 0.1) is 12.3 Å². The molecule has 9 heteroatoms. The fraction of sp³-hybridized carbons (Fsp3) is 0.250. The molecule has 1 aromatic heterocycles. The van der Waals surface area contributed by atoms with Crippen LogP contribution in [0.15, 0.2) is 12.1 Å². The maximum atomic E-state index is 13.6. The highest BCUT2D eigenvalue weighted by Crippen LogP contribution is 2.22. The molecule has 0 radical (unpaired) electrons. The summed E-state index contributed by atoms with van der Waals surface area (Å²) in [7, 11) is 1.58. The van der Waals surface area contributed by atoms with Gasteiger partial charge in [0.15, 0.2) is 11.6 Å². The average Bonchev–Trinajstić information content (AvgIpc) is 2.45. The van der Waals surface area contributed by atoms with E-state index in [-0.39, 0.29) is 23.6 Å². The molecule has 2 N–H and O–H groups in total. The van der Waals surface area contributed by atoms with E-state index >= 15 is 0 Å². The summed E-state index contributed by atoms with van der Waals surface area (Å²) in [4.78, 5) is 11.7. The maximum absolute atomic E-state index is 13.6. The molecule has 0 aliphatic carbocycles. The molecular weight excluding hydrogens is 287 g/mol. The molecule has 2 aromatic rings. The second-order valence-electron chi connectivity index (χ2n) is 3.82. The molecule has 0 fully saturated rings. The van der Waals surface area contributed by atoms with Crippen LogP contribution in [0.1, 0.15) is 6.92 Å². The van der Waals surface area contributed by atoms with Crippen LogP contribution < -0.4 is 15.4 Å². The number of rotatable bonds is 5. The molecule has 0 saturated heterocycles. The van der Waals surface area contributed by atoms with E-state index in [9.17, 15) is 13.2 Å². The lowest BCUT2D eigenvalue weighted by Crippen LogP contribution is -2.08. The first-order chi connectivity index (χ1) is 10.0. The summed E-state index contributed by atoms with van der Waals surface area (Å²) in [6, 6.07) is 1.12. The lowest BCUT2D eigenvalue weighted by atomic mass is 10.3. The Kier molecular flexibility index (Phi) is 4.41. The molecule has 0 aliphatic rings. The number of hydrogen-bond donors (Lipinski definition) is 2. The van der Waals surface area contributed by atoms with E-state index in [4.69, 9.17) is 4.74 Å². The number of nitrogens with one attached hydrogen (secondary N) is 2. The van der Waals surface area contributed by atoms with E-state index in [1.807, 2.05) is 0 Å². The van der Waals surface area contributed by atoms with Crippen LogP contribution in [-0.2, 0) is 0 Å². The molecule has 0 amide bonds. The van der Waals surface area contributed by atoms with Gasteiger partial charge < -0.3 is 15.4 Å². The molecule has 0 atom stereocenters. The standard InChI is InChI=1S/C12H12F3N5O/c1-3-21-12-19-10(16-2)18-11(20-12)17-9-5-7(14)6(13)4-8(9)15/h4-5H,3H2,1-2H3,(H2,16,17,18,19,20). The van der Waals surface area contributed by atoms with Crippen molar-refractivity contribution in [3.05, 3.63) is 29.6 Å². The molecule has 0 aliphatic heterocycles. The van der Waals surface area contributed by atoms with Crippen LogP contribution in [-0.4, -0.2) is 28.6 Å². The van der Waals surface area contributed by atoms with Gasteiger partial charge in [-0.3, -0.25) is 0 Å². The summed E-state index contributed by atoms with van der Waals surface area (Å²) < 4.78 is 44.7. The third-order valence-corrected chi connectivity index (χ3v) is 2.37. The smallest absolute Gasteiger partial charge is 0.323 e. The Morgan fingerprint density at radius 3 is 2.33 bits per heavy atom. The summed E-state index contributed by atoms with van der Waals surface area (Å²) in [6.07, 6.45) is 0. The summed E-state index contributed by atoms with van der Waals surface area (Å²) in [5.74, 6) is -3.33. The molecule has 0 unspecified atom stereocenters. The van der Waals surface area contributed by atoms with Gasteiger partial charge in [-0.05, 0) is 6.92 Å². The van der Waals surface area contributed by atoms with Crippen molar-refractivity contribution in [3.8, 4) is 6.01 Å². The van der Waals surface area contributed by atoms with Crippen LogP contribution >= 0.6 is 0 Å². The first kappa shape index (κ1) is 14.8. The molecular formula is C12H12F3N5O. The van der Waals surface area contributed by atoms with Crippen molar-refractivity contribution in [3.63, 3.8) is 0 Å². The second kappa shape index (κ2) is 6.25. The van der Waals surface area contributed by atoms with Crippen LogP contribution in [0.25, 0.3) is 0 Å². The molecule has 6 nitrogen and oxygen atoms in total. The van der Waals surface area contributed by atoms with E-state index in [0.717, 1.165) is 0 Å². The van der Waals surface area contributed by atoms with Crippen molar-refractivity contribution in [1.82, 2.24) is 15.0 Å². The Morgan fingerprint density at radius 1 is 1.00 bits per heavy atom. The van der Waals surface area contributed by atoms with Gasteiger partial charge in [0.2, 0.25) is 11.9 Å². The fourth-order valence-electron chi connectivity index (χ4n) is 1.46. The highest BCUT2D eigenvalue weighted by Gasteiger charge is 2.12. The van der Waals surface area contributed by atoms with E-state index in [0.29, 0.717) is 18.7 Å². The summed E-state index contributed by atoms with van der Waals surface area (Å²) in [5.41, 5.74) is -0.301. The van der Waals surface area contributed by atoms with Crippen molar-refractivity contribution in [2.45, 2.75) is 6.92 Å². The molecule has 1 aromatic carbocycles. The van der Waals surface area contributed by atoms with E-state index in [2.05, 4.69) is 25.6 Å². The van der Waals surface area contributed by atoms with Crippen LogP contribution in [0.3, 0.4) is 0 Å². The zero-order valence-electron chi connectivity index (χ0n) is 11.2. The monoisotopic (exact) mass is 299 g/mol. The molecule has 0 saturated carbocycles. The van der Waals surface area contributed by atoms with Gasteiger partial charge >= 0.3 is 6.01 Å². The van der Waals surface area contributed by atoms with Gasteiger partial charge in [-0.1, -0.05) is 0 Å². The Bertz CT molecular complexity index is 653. The molecule has 0 bridgehead atoms. The molecule has 2 rings (SSSR count). The molecule has 1 heterocycles. The topological polar surface area (TPSA) is 72.0 Å². The zero-order valence-corrected chi connectivity index (χ0v) is 11.2. The quantitative estimate of drug-likeness (QED) is 0.826. The summed E-state index contributed by atoms with van der Waals surface area (Å²) in [5, 5.41) is 5.13. The third-order valence-electron chi connectivity index (χ3n) is 2.37. The lowest BCUT2D eigenvalue weighted by molar-refractivity contribution is 0.312. The Labute approximate surface area is 118 Å². The number of hydrogen-bond acceptors (Lipinski definition) is 6. The van der Waals surface area contributed by atoms with Gasteiger partial charge in [-0.25, -0.2) is 13.2 Å². The third kappa shape index (κ3) is 3.50. The predicted octanol–water partition coefficient (Wildman–Crippen LogP) is 2.47. The van der Waals surface area contributed by atoms with Gasteiger partial charge in [0, 0.05) is 19.2 Å². The Hall–Kier alpha value is -2.58. The summed E-state index contributed by atoms with van der Waals surface area (Å²) in [6.45, 7) is 2.07. The first-order valence-corrected chi connectivity index (χ1v) is 6.01. The number of halogens is 3. The maximum Gasteiger partial charge on any atom is 0.323 e. The number of benzene rings is 1. The second-order valence-corrected chi connectivity index (χ2v) is 3.82. The van der Waals surface area contributed by atoms with Gasteiger partial charge in [-0.2, -0.15) is 15.0 Å². The first-order valence-electron chi connectivity index (χ1n) is 6.01. The lowest BCUT2D eigenvalue weighted by Gasteiger charge is -2.09. The van der Waals surface area contributed by atoms with Crippen molar-refractivity contribution in [2.75, 3.05) is 24.3 Å². The predicted molar refractivity (Wildman–Crippen MR) is 70.1 cm³/mol.